The Bertz CT molecular complexity index is 1260. The molecule has 1 aliphatic carbocycles. The van der Waals surface area contributed by atoms with Crippen LogP contribution in [-0.4, -0.2) is 44.2 Å². The van der Waals surface area contributed by atoms with E-state index in [-0.39, 0.29) is 31.1 Å². The van der Waals surface area contributed by atoms with E-state index in [1.165, 1.54) is 6.08 Å². The Hall–Kier alpha value is -3.39. The van der Waals surface area contributed by atoms with Gasteiger partial charge in [-0.15, -0.1) is 10.2 Å². The highest BCUT2D eigenvalue weighted by Crippen LogP contribution is 2.30. The van der Waals surface area contributed by atoms with Crippen LogP contribution in [0.4, 0.5) is 0 Å². The molecule has 9 heteroatoms. The molecule has 3 aromatic rings. The van der Waals surface area contributed by atoms with E-state index in [0.29, 0.717) is 34.5 Å². The van der Waals surface area contributed by atoms with Crippen LogP contribution in [0, 0.1) is 13.8 Å². The van der Waals surface area contributed by atoms with Crippen molar-refractivity contribution < 1.29 is 18.7 Å². The summed E-state index contributed by atoms with van der Waals surface area (Å²) in [6.45, 7) is 8.85. The molecule has 0 spiro atoms. The van der Waals surface area contributed by atoms with E-state index in [0.717, 1.165) is 29.8 Å². The maximum Gasteiger partial charge on any atom is 0.340 e. The molecule has 0 N–H and O–H groups in total. The van der Waals surface area contributed by atoms with E-state index in [9.17, 15) is 9.59 Å². The predicted molar refractivity (Wildman–Crippen MR) is 133 cm³/mol. The Morgan fingerprint density at radius 2 is 1.89 bits per heavy atom. The summed E-state index contributed by atoms with van der Waals surface area (Å²) in [5, 5.41) is 8.87. The largest absolute Gasteiger partial charge is 0.462 e. The molecule has 0 aliphatic heterocycles. The minimum absolute atomic E-state index is 0.130. The molecule has 1 amide bonds. The molecule has 0 unspecified atom stereocenters. The molecule has 0 saturated heterocycles. The fourth-order valence-electron chi connectivity index (χ4n) is 4.24. The second-order valence-electron chi connectivity index (χ2n) is 8.46. The van der Waals surface area contributed by atoms with Crippen LogP contribution in [0.5, 0.6) is 0 Å². The molecule has 0 bridgehead atoms. The first-order valence-corrected chi connectivity index (χ1v) is 12.2. The lowest BCUT2D eigenvalue weighted by atomic mass is 10.1. The molecule has 2 heterocycles. The quantitative estimate of drug-likeness (QED) is 0.298. The van der Waals surface area contributed by atoms with Gasteiger partial charge in [-0.05, 0) is 70.9 Å². The molecule has 0 atom stereocenters. The van der Waals surface area contributed by atoms with Crippen LogP contribution in [0.15, 0.2) is 34.8 Å². The van der Waals surface area contributed by atoms with Gasteiger partial charge >= 0.3 is 5.97 Å². The number of esters is 1. The molecule has 35 heavy (non-hydrogen) atoms. The fourth-order valence-corrected chi connectivity index (χ4v) is 4.37. The van der Waals surface area contributed by atoms with E-state index >= 15 is 0 Å². The molecule has 8 nitrogen and oxygen atoms in total. The van der Waals surface area contributed by atoms with Crippen molar-refractivity contribution in [3.8, 4) is 11.5 Å². The second kappa shape index (κ2) is 10.5. The number of carbonyl (C=O) groups is 2. The maximum absolute atomic E-state index is 13.2. The lowest BCUT2D eigenvalue weighted by Crippen LogP contribution is -2.31. The number of rotatable bonds is 9. The van der Waals surface area contributed by atoms with Gasteiger partial charge in [0, 0.05) is 46.2 Å². The van der Waals surface area contributed by atoms with Crippen molar-refractivity contribution in [3.63, 3.8) is 0 Å². The Kier molecular flexibility index (Phi) is 7.40. The van der Waals surface area contributed by atoms with Crippen LogP contribution < -0.4 is 0 Å². The molecule has 1 saturated carbocycles. The van der Waals surface area contributed by atoms with Crippen LogP contribution in [0.3, 0.4) is 0 Å². The molecule has 1 fully saturated rings. The molecule has 2 aromatic heterocycles. The molecule has 1 aromatic carbocycles. The highest BCUT2D eigenvalue weighted by atomic mass is 35.5. The van der Waals surface area contributed by atoms with Crippen LogP contribution in [-0.2, 0) is 22.6 Å². The number of nitrogens with zero attached hydrogens (tertiary/aromatic N) is 4. The van der Waals surface area contributed by atoms with Crippen molar-refractivity contribution in [3.05, 3.63) is 63.8 Å². The first-order valence-electron chi connectivity index (χ1n) is 11.8. The summed E-state index contributed by atoms with van der Waals surface area (Å²) in [6, 6.07) is 7.25. The highest BCUT2D eigenvalue weighted by molar-refractivity contribution is 6.30. The third-order valence-corrected chi connectivity index (χ3v) is 6.41. The van der Waals surface area contributed by atoms with Crippen molar-refractivity contribution in [2.75, 3.05) is 6.61 Å². The Morgan fingerprint density at radius 3 is 2.51 bits per heavy atom. The van der Waals surface area contributed by atoms with Gasteiger partial charge in [0.25, 0.3) is 0 Å². The summed E-state index contributed by atoms with van der Waals surface area (Å²) in [5.74, 6) is 0.184. The Balaban J connectivity index is 1.55. The zero-order valence-corrected chi connectivity index (χ0v) is 21.1. The van der Waals surface area contributed by atoms with E-state index in [2.05, 4.69) is 10.2 Å². The monoisotopic (exact) mass is 496 g/mol. The van der Waals surface area contributed by atoms with Gasteiger partial charge in [-0.2, -0.15) is 0 Å². The lowest BCUT2D eigenvalue weighted by molar-refractivity contribution is -0.127. The van der Waals surface area contributed by atoms with Gasteiger partial charge in [-0.1, -0.05) is 11.6 Å². The average molecular weight is 497 g/mol. The standard InChI is InChI=1S/C26H29ClN4O4/c1-5-30-16(3)21(24(17(30)4)26(33)34-6-2)13-14-23(32)31(20-11-12-20)15-22-28-29-25(35-22)18-7-9-19(27)10-8-18/h7-10,13-14,20H,5-6,11-12,15H2,1-4H3/b14-13+. The average Bonchev–Trinajstić information content (AvgIpc) is 3.51. The molecule has 184 valence electrons. The van der Waals surface area contributed by atoms with Crippen LogP contribution in [0.2, 0.25) is 5.02 Å². The van der Waals surface area contributed by atoms with Gasteiger partial charge < -0.3 is 18.6 Å². The SMILES string of the molecule is CCOC(=O)c1c(/C=C/C(=O)N(Cc2nnc(-c3ccc(Cl)cc3)o2)C2CC2)c(C)n(CC)c1C. The maximum atomic E-state index is 13.2. The van der Waals surface area contributed by atoms with E-state index < -0.39 is 0 Å². The summed E-state index contributed by atoms with van der Waals surface area (Å²) in [6.07, 6.45) is 5.08. The summed E-state index contributed by atoms with van der Waals surface area (Å²) in [4.78, 5) is 27.6. The van der Waals surface area contributed by atoms with Crippen molar-refractivity contribution in [2.45, 2.75) is 59.7 Å². The van der Waals surface area contributed by atoms with Crippen molar-refractivity contribution in [1.29, 1.82) is 0 Å². The van der Waals surface area contributed by atoms with Crippen LogP contribution >= 0.6 is 11.6 Å². The van der Waals surface area contributed by atoms with Gasteiger partial charge in [0.2, 0.25) is 17.7 Å². The molecular weight excluding hydrogens is 468 g/mol. The van der Waals surface area contributed by atoms with Gasteiger partial charge in [0.05, 0.1) is 18.7 Å². The first kappa shape index (κ1) is 24.7. The molecule has 4 rings (SSSR count). The topological polar surface area (TPSA) is 90.5 Å². The van der Waals surface area contributed by atoms with Crippen LogP contribution in [0.25, 0.3) is 17.5 Å². The molecule has 0 radical (unpaired) electrons. The normalized spacial score (nSPS) is 13.4. The minimum atomic E-state index is -0.382. The summed E-state index contributed by atoms with van der Waals surface area (Å²) in [7, 11) is 0. The van der Waals surface area contributed by atoms with Gasteiger partial charge in [0.15, 0.2) is 0 Å². The zero-order chi connectivity index (χ0) is 25.1. The third-order valence-electron chi connectivity index (χ3n) is 6.15. The number of benzene rings is 1. The first-order chi connectivity index (χ1) is 16.8. The third kappa shape index (κ3) is 5.32. The van der Waals surface area contributed by atoms with E-state index in [1.807, 2.05) is 25.3 Å². The van der Waals surface area contributed by atoms with Crippen LogP contribution in [0.1, 0.15) is 59.9 Å². The number of ether oxygens (including phenoxy) is 1. The number of carbonyl (C=O) groups excluding carboxylic acids is 2. The summed E-state index contributed by atoms with van der Waals surface area (Å²) in [5.41, 5.74) is 3.71. The van der Waals surface area contributed by atoms with Gasteiger partial charge in [0.1, 0.15) is 0 Å². The summed E-state index contributed by atoms with van der Waals surface area (Å²) < 4.78 is 13.1. The predicted octanol–water partition coefficient (Wildman–Crippen LogP) is 5.21. The van der Waals surface area contributed by atoms with Crippen molar-refractivity contribution in [1.82, 2.24) is 19.7 Å². The number of halogens is 1. The highest BCUT2D eigenvalue weighted by Gasteiger charge is 2.33. The number of amides is 1. The van der Waals surface area contributed by atoms with Crippen molar-refractivity contribution in [2.24, 2.45) is 0 Å². The molecular formula is C26H29ClN4O4. The number of hydrogen-bond acceptors (Lipinski definition) is 6. The summed E-state index contributed by atoms with van der Waals surface area (Å²) >= 11 is 5.95. The van der Waals surface area contributed by atoms with Crippen molar-refractivity contribution >= 4 is 29.6 Å². The van der Waals surface area contributed by atoms with Gasteiger partial charge in [-0.25, -0.2) is 4.79 Å². The minimum Gasteiger partial charge on any atom is -0.462 e. The zero-order valence-electron chi connectivity index (χ0n) is 20.4. The Morgan fingerprint density at radius 1 is 1.17 bits per heavy atom. The lowest BCUT2D eigenvalue weighted by Gasteiger charge is -2.18. The number of aromatic nitrogens is 3. The fraction of sp³-hybridized carbons (Fsp3) is 0.385. The van der Waals surface area contributed by atoms with E-state index in [1.54, 1.807) is 42.2 Å². The molecule has 1 aliphatic rings. The number of hydrogen-bond donors (Lipinski definition) is 0. The Labute approximate surface area is 209 Å². The smallest absolute Gasteiger partial charge is 0.340 e. The second-order valence-corrected chi connectivity index (χ2v) is 8.90. The van der Waals surface area contributed by atoms with Gasteiger partial charge in [-0.3, -0.25) is 4.79 Å². The van der Waals surface area contributed by atoms with E-state index in [4.69, 9.17) is 20.8 Å².